The predicted molar refractivity (Wildman–Crippen MR) is 108 cm³/mol. The van der Waals surface area contributed by atoms with E-state index in [1.54, 1.807) is 31.2 Å². The topological polar surface area (TPSA) is 55.4 Å². The van der Waals surface area contributed by atoms with Gasteiger partial charge in [0.25, 0.3) is 0 Å². The number of ether oxygens (including phenoxy) is 1. The van der Waals surface area contributed by atoms with Gasteiger partial charge >= 0.3 is 0 Å². The lowest BCUT2D eigenvalue weighted by Gasteiger charge is -2.16. The quantitative estimate of drug-likeness (QED) is 0.667. The van der Waals surface area contributed by atoms with E-state index < -0.39 is 16.2 Å². The lowest BCUT2D eigenvalue weighted by Crippen LogP contribution is -2.25. The Hall–Kier alpha value is -2.44. The molecule has 2 unspecified atom stereocenters. The van der Waals surface area contributed by atoms with Gasteiger partial charge in [0, 0.05) is 12.5 Å². The molecular formula is C22H24FNO3S. The molecule has 0 spiro atoms. The Morgan fingerprint density at radius 2 is 1.79 bits per heavy atom. The third-order valence-corrected chi connectivity index (χ3v) is 6.00. The van der Waals surface area contributed by atoms with Crippen molar-refractivity contribution in [2.24, 2.45) is 5.92 Å². The van der Waals surface area contributed by atoms with E-state index >= 15 is 0 Å². The molecule has 1 aliphatic carbocycles. The van der Waals surface area contributed by atoms with Crippen LogP contribution in [0.2, 0.25) is 0 Å². The number of benzene rings is 2. The largest absolute Gasteiger partial charge is 0.458 e. The lowest BCUT2D eigenvalue weighted by atomic mass is 10.0. The minimum absolute atomic E-state index is 0.185. The summed E-state index contributed by atoms with van der Waals surface area (Å²) in [7, 11) is -3.56. The Morgan fingerprint density at radius 1 is 1.07 bits per heavy atom. The van der Waals surface area contributed by atoms with Gasteiger partial charge in [-0.05, 0) is 60.9 Å². The van der Waals surface area contributed by atoms with Crippen molar-refractivity contribution in [2.45, 2.75) is 30.8 Å². The number of hydrogen-bond donors (Lipinski definition) is 1. The van der Waals surface area contributed by atoms with Gasteiger partial charge in [-0.1, -0.05) is 37.3 Å². The summed E-state index contributed by atoms with van der Waals surface area (Å²) in [5.41, 5.74) is 1.18. The fraction of sp³-hybridized carbons (Fsp3) is 0.273. The standard InChI is InChI=1S/C22H24FNO3S/c1-17-16-20(11-14-22(17)23)27-19-9-12-21(13-10-19)28(25,26)24-15-5-8-18-6-3-2-4-7-18/h2-4,6-7,9-14,16-17,22,24H,5,8,15H2,1H3. The van der Waals surface area contributed by atoms with Crippen molar-refractivity contribution in [3.63, 3.8) is 0 Å². The summed E-state index contributed by atoms with van der Waals surface area (Å²) < 4.78 is 46.6. The van der Waals surface area contributed by atoms with Crippen LogP contribution in [-0.2, 0) is 16.4 Å². The molecule has 1 aliphatic rings. The molecular weight excluding hydrogens is 377 g/mol. The van der Waals surface area contributed by atoms with Crippen LogP contribution in [0.15, 0.2) is 83.5 Å². The summed E-state index contributed by atoms with van der Waals surface area (Å²) in [6.45, 7) is 2.14. The average molecular weight is 402 g/mol. The van der Waals surface area contributed by atoms with Crippen LogP contribution in [-0.4, -0.2) is 21.1 Å². The first-order chi connectivity index (χ1) is 13.4. The van der Waals surface area contributed by atoms with Crippen LogP contribution in [0, 0.1) is 5.92 Å². The number of sulfonamides is 1. The molecule has 6 heteroatoms. The second kappa shape index (κ2) is 9.17. The Bertz CT molecular complexity index is 938. The molecule has 0 saturated carbocycles. The molecule has 0 saturated heterocycles. The minimum Gasteiger partial charge on any atom is -0.458 e. The first kappa shape index (κ1) is 20.3. The van der Waals surface area contributed by atoms with Crippen molar-refractivity contribution in [3.05, 3.63) is 84.1 Å². The highest BCUT2D eigenvalue weighted by Crippen LogP contribution is 2.23. The summed E-state index contributed by atoms with van der Waals surface area (Å²) in [5.74, 6) is 0.805. The van der Waals surface area contributed by atoms with Crippen LogP contribution < -0.4 is 9.46 Å². The molecule has 2 aromatic rings. The molecule has 0 fully saturated rings. The number of aryl methyl sites for hydroxylation is 1. The molecule has 0 amide bonds. The Balaban J connectivity index is 1.53. The highest BCUT2D eigenvalue weighted by atomic mass is 32.2. The van der Waals surface area contributed by atoms with E-state index in [0.29, 0.717) is 18.1 Å². The van der Waals surface area contributed by atoms with Crippen molar-refractivity contribution < 1.29 is 17.5 Å². The normalized spacial score (nSPS) is 19.3. The predicted octanol–water partition coefficient (Wildman–Crippen LogP) is 4.40. The number of hydrogen-bond acceptors (Lipinski definition) is 3. The summed E-state index contributed by atoms with van der Waals surface area (Å²) >= 11 is 0. The highest BCUT2D eigenvalue weighted by molar-refractivity contribution is 7.89. The third-order valence-electron chi connectivity index (χ3n) is 4.52. The number of halogens is 1. The number of rotatable bonds is 8. The molecule has 3 rings (SSSR count). The van der Waals surface area contributed by atoms with Crippen molar-refractivity contribution in [1.29, 1.82) is 0 Å². The van der Waals surface area contributed by atoms with Crippen molar-refractivity contribution in [3.8, 4) is 5.75 Å². The molecule has 0 aliphatic heterocycles. The second-order valence-electron chi connectivity index (χ2n) is 6.79. The maximum atomic E-state index is 13.4. The van der Waals surface area contributed by atoms with E-state index in [1.807, 2.05) is 30.3 Å². The molecule has 0 aromatic heterocycles. The number of nitrogens with one attached hydrogen (secondary N) is 1. The molecule has 1 N–H and O–H groups in total. The molecule has 2 atom stereocenters. The van der Waals surface area contributed by atoms with Crippen LogP contribution >= 0.6 is 0 Å². The maximum absolute atomic E-state index is 13.4. The van der Waals surface area contributed by atoms with Crippen LogP contribution in [0.25, 0.3) is 0 Å². The van der Waals surface area contributed by atoms with Crippen LogP contribution in [0.4, 0.5) is 4.39 Å². The minimum atomic E-state index is -3.56. The summed E-state index contributed by atoms with van der Waals surface area (Å²) in [4.78, 5) is 0.185. The van der Waals surface area contributed by atoms with Gasteiger partial charge in [-0.2, -0.15) is 0 Å². The molecule has 28 heavy (non-hydrogen) atoms. The third kappa shape index (κ3) is 5.53. The van der Waals surface area contributed by atoms with Crippen molar-refractivity contribution in [1.82, 2.24) is 4.72 Å². The highest BCUT2D eigenvalue weighted by Gasteiger charge is 2.17. The Kier molecular flexibility index (Phi) is 6.65. The summed E-state index contributed by atoms with van der Waals surface area (Å²) in [6, 6.07) is 16.2. The molecule has 0 heterocycles. The van der Waals surface area contributed by atoms with E-state index in [9.17, 15) is 12.8 Å². The SMILES string of the molecule is CC1C=C(Oc2ccc(S(=O)(=O)NCCCc3ccccc3)cc2)C=CC1F. The van der Waals surface area contributed by atoms with Gasteiger partial charge < -0.3 is 4.74 Å². The van der Waals surface area contributed by atoms with Gasteiger partial charge in [0.1, 0.15) is 17.7 Å². The van der Waals surface area contributed by atoms with Gasteiger partial charge in [-0.3, -0.25) is 0 Å². The van der Waals surface area contributed by atoms with Crippen LogP contribution in [0.3, 0.4) is 0 Å². The van der Waals surface area contributed by atoms with Gasteiger partial charge in [0.05, 0.1) is 4.90 Å². The first-order valence-corrected chi connectivity index (χ1v) is 10.8. The molecule has 2 aromatic carbocycles. The second-order valence-corrected chi connectivity index (χ2v) is 8.56. The van der Waals surface area contributed by atoms with Gasteiger partial charge in [-0.15, -0.1) is 0 Å². The van der Waals surface area contributed by atoms with Crippen LogP contribution in [0.1, 0.15) is 18.9 Å². The van der Waals surface area contributed by atoms with E-state index in [-0.39, 0.29) is 10.8 Å². The monoisotopic (exact) mass is 401 g/mol. The Labute approximate surface area is 165 Å². The molecule has 0 bridgehead atoms. The summed E-state index contributed by atoms with van der Waals surface area (Å²) in [5, 5.41) is 0. The zero-order valence-corrected chi connectivity index (χ0v) is 16.5. The summed E-state index contributed by atoms with van der Waals surface area (Å²) in [6.07, 6.45) is 5.29. The lowest BCUT2D eigenvalue weighted by molar-refractivity contribution is 0.320. The van der Waals surface area contributed by atoms with E-state index in [4.69, 9.17) is 4.74 Å². The van der Waals surface area contributed by atoms with E-state index in [2.05, 4.69) is 4.72 Å². The number of allylic oxidation sites excluding steroid dienone is 3. The number of alkyl halides is 1. The molecule has 4 nitrogen and oxygen atoms in total. The zero-order chi connectivity index (χ0) is 20.0. The molecule has 148 valence electrons. The fourth-order valence-corrected chi connectivity index (χ4v) is 3.96. The smallest absolute Gasteiger partial charge is 0.240 e. The van der Waals surface area contributed by atoms with Crippen molar-refractivity contribution in [2.75, 3.05) is 6.54 Å². The van der Waals surface area contributed by atoms with Crippen molar-refractivity contribution >= 4 is 10.0 Å². The van der Waals surface area contributed by atoms with Gasteiger partial charge in [0.2, 0.25) is 10.0 Å². The first-order valence-electron chi connectivity index (χ1n) is 9.30. The fourth-order valence-electron chi connectivity index (χ4n) is 2.89. The van der Waals surface area contributed by atoms with Gasteiger partial charge in [-0.25, -0.2) is 17.5 Å². The van der Waals surface area contributed by atoms with Crippen LogP contribution in [0.5, 0.6) is 5.75 Å². The average Bonchev–Trinajstić information content (AvgIpc) is 2.69. The van der Waals surface area contributed by atoms with Gasteiger partial charge in [0.15, 0.2) is 0 Å². The zero-order valence-electron chi connectivity index (χ0n) is 15.7. The van der Waals surface area contributed by atoms with E-state index in [1.165, 1.54) is 23.8 Å². The maximum Gasteiger partial charge on any atom is 0.240 e. The molecule has 0 radical (unpaired) electrons. The van der Waals surface area contributed by atoms with E-state index in [0.717, 1.165) is 12.8 Å². The Morgan fingerprint density at radius 3 is 2.46 bits per heavy atom.